The molecule has 4 rings (SSSR count). The fourth-order valence-electron chi connectivity index (χ4n) is 3.99. The van der Waals surface area contributed by atoms with Crippen molar-refractivity contribution >= 4 is 35.6 Å². The number of nitrogens with zero attached hydrogens (tertiary/aromatic N) is 2. The topological polar surface area (TPSA) is 116 Å². The third-order valence-corrected chi connectivity index (χ3v) is 6.91. The van der Waals surface area contributed by atoms with Crippen LogP contribution in [0.4, 0.5) is 4.79 Å². The van der Waals surface area contributed by atoms with Crippen molar-refractivity contribution in [1.29, 1.82) is 0 Å². The zero-order chi connectivity index (χ0) is 22.5. The minimum Gasteiger partial charge on any atom is -0.477 e. The Balaban J connectivity index is 1.50. The molecule has 0 spiro atoms. The lowest BCUT2D eigenvalue weighted by molar-refractivity contribution is -0.149. The standard InChI is InChI=1S/C21H27N3O6S/c1-21(2,3)30-20(29)22-14-17(26)24-15(19(27)28)13(10-31-18(14)24)8-12-6-7-23(16(12)25)9-11-4-5-11/h8,11,14,18H,4-7,9-10H2,1-3H3,(H,22,29)(H,27,28)/b12-8+/t14-,18-/m1/s1. The van der Waals surface area contributed by atoms with Gasteiger partial charge in [0.1, 0.15) is 22.7 Å². The number of hydrogen-bond acceptors (Lipinski definition) is 6. The van der Waals surface area contributed by atoms with Crippen LogP contribution >= 0.6 is 11.8 Å². The van der Waals surface area contributed by atoms with Crippen LogP contribution in [-0.2, 0) is 19.1 Å². The minimum absolute atomic E-state index is 0.0457. The van der Waals surface area contributed by atoms with E-state index in [9.17, 15) is 24.3 Å². The maximum atomic E-state index is 12.7. The van der Waals surface area contributed by atoms with Gasteiger partial charge in [-0.2, -0.15) is 0 Å². The number of allylic oxidation sites excluding steroid dienone is 1. The minimum atomic E-state index is -1.22. The third-order valence-electron chi connectivity index (χ3n) is 5.61. The summed E-state index contributed by atoms with van der Waals surface area (Å²) in [6, 6.07) is -0.842. The van der Waals surface area contributed by atoms with Gasteiger partial charge in [-0.15, -0.1) is 11.8 Å². The summed E-state index contributed by atoms with van der Waals surface area (Å²) >= 11 is 1.36. The molecule has 0 aromatic carbocycles. The predicted molar refractivity (Wildman–Crippen MR) is 113 cm³/mol. The second kappa shape index (κ2) is 7.89. The summed E-state index contributed by atoms with van der Waals surface area (Å²) in [6.07, 6.45) is 3.82. The average Bonchev–Trinajstić information content (AvgIpc) is 3.43. The van der Waals surface area contributed by atoms with E-state index in [1.54, 1.807) is 26.8 Å². The molecule has 0 aromatic rings. The van der Waals surface area contributed by atoms with Crippen molar-refractivity contribution in [3.8, 4) is 0 Å². The van der Waals surface area contributed by atoms with Gasteiger partial charge < -0.3 is 20.1 Å². The highest BCUT2D eigenvalue weighted by Gasteiger charge is 2.54. The van der Waals surface area contributed by atoms with Crippen molar-refractivity contribution in [3.05, 3.63) is 22.9 Å². The molecule has 0 unspecified atom stereocenters. The first-order valence-electron chi connectivity index (χ1n) is 10.5. The second-order valence-electron chi connectivity index (χ2n) is 9.33. The van der Waals surface area contributed by atoms with E-state index >= 15 is 0 Å². The van der Waals surface area contributed by atoms with Crippen LogP contribution in [-0.4, -0.2) is 74.6 Å². The number of β-lactam (4-membered cyclic amide) rings is 1. The lowest BCUT2D eigenvalue weighted by atomic mass is 10.0. The molecule has 4 aliphatic rings. The molecular weight excluding hydrogens is 422 g/mol. The largest absolute Gasteiger partial charge is 0.477 e. The summed E-state index contributed by atoms with van der Waals surface area (Å²) in [4.78, 5) is 52.4. The number of carbonyl (C=O) groups excluding carboxylic acids is 3. The summed E-state index contributed by atoms with van der Waals surface area (Å²) < 4.78 is 5.20. The Bertz CT molecular complexity index is 901. The molecule has 0 aromatic heterocycles. The Morgan fingerprint density at radius 3 is 2.61 bits per heavy atom. The van der Waals surface area contributed by atoms with E-state index in [0.717, 1.165) is 19.4 Å². The SMILES string of the molecule is CC(C)(C)OC(=O)N[C@@H]1C(=O)N2C(C(=O)O)=C(/C=C3\CCN(CC4CC4)C3=O)CS[C@H]12. The van der Waals surface area contributed by atoms with Gasteiger partial charge in [-0.05, 0) is 57.6 Å². The van der Waals surface area contributed by atoms with Gasteiger partial charge in [0.05, 0.1) is 0 Å². The monoisotopic (exact) mass is 449 g/mol. The zero-order valence-corrected chi connectivity index (χ0v) is 18.7. The Kier molecular flexibility index (Phi) is 5.53. The van der Waals surface area contributed by atoms with Gasteiger partial charge in [-0.3, -0.25) is 14.5 Å². The molecule has 2 saturated heterocycles. The Morgan fingerprint density at radius 1 is 1.29 bits per heavy atom. The lowest BCUT2D eigenvalue weighted by Gasteiger charge is -2.49. The van der Waals surface area contributed by atoms with Gasteiger partial charge in [-0.25, -0.2) is 9.59 Å². The zero-order valence-electron chi connectivity index (χ0n) is 17.8. The average molecular weight is 450 g/mol. The number of thioether (sulfide) groups is 1. The fourth-order valence-corrected chi connectivity index (χ4v) is 5.29. The molecular formula is C21H27N3O6S. The lowest BCUT2D eigenvalue weighted by Crippen LogP contribution is -2.70. The second-order valence-corrected chi connectivity index (χ2v) is 10.4. The molecule has 2 atom stereocenters. The third kappa shape index (κ3) is 4.44. The number of likely N-dealkylation sites (tertiary alicyclic amines) is 1. The molecule has 10 heteroatoms. The Hall–Kier alpha value is -2.49. The van der Waals surface area contributed by atoms with Crippen molar-refractivity contribution in [1.82, 2.24) is 15.1 Å². The van der Waals surface area contributed by atoms with Crippen molar-refractivity contribution in [2.24, 2.45) is 5.92 Å². The van der Waals surface area contributed by atoms with Gasteiger partial charge in [0.25, 0.3) is 5.91 Å². The molecule has 0 bridgehead atoms. The number of carboxylic acids is 1. The van der Waals surface area contributed by atoms with Gasteiger partial charge in [0.2, 0.25) is 5.91 Å². The van der Waals surface area contributed by atoms with Crippen molar-refractivity contribution in [3.63, 3.8) is 0 Å². The van der Waals surface area contributed by atoms with Gasteiger partial charge in [0.15, 0.2) is 0 Å². The molecule has 2 N–H and O–H groups in total. The van der Waals surface area contributed by atoms with E-state index in [2.05, 4.69) is 5.32 Å². The van der Waals surface area contributed by atoms with E-state index < -0.39 is 35.0 Å². The van der Waals surface area contributed by atoms with Gasteiger partial charge in [0, 0.05) is 24.4 Å². The number of hydrogen-bond donors (Lipinski definition) is 2. The van der Waals surface area contributed by atoms with Crippen LogP contribution in [0.2, 0.25) is 0 Å². The maximum absolute atomic E-state index is 12.7. The number of carbonyl (C=O) groups is 4. The number of rotatable bonds is 5. The summed E-state index contributed by atoms with van der Waals surface area (Å²) in [7, 11) is 0. The van der Waals surface area contributed by atoms with E-state index in [0.29, 0.717) is 35.8 Å². The van der Waals surface area contributed by atoms with Crippen molar-refractivity contribution < 1.29 is 29.0 Å². The predicted octanol–water partition coefficient (Wildman–Crippen LogP) is 1.70. The Morgan fingerprint density at radius 2 is 2.00 bits per heavy atom. The van der Waals surface area contributed by atoms with Crippen LogP contribution in [0.5, 0.6) is 0 Å². The molecule has 3 aliphatic heterocycles. The van der Waals surface area contributed by atoms with E-state index in [1.807, 2.05) is 4.90 Å². The molecule has 1 aliphatic carbocycles. The fraction of sp³-hybridized carbons (Fsp3) is 0.619. The molecule has 168 valence electrons. The smallest absolute Gasteiger partial charge is 0.408 e. The van der Waals surface area contributed by atoms with Crippen LogP contribution < -0.4 is 5.32 Å². The number of fused-ring (bicyclic) bond motifs is 1. The molecule has 3 amide bonds. The summed E-state index contributed by atoms with van der Waals surface area (Å²) in [5.74, 6) is -0.833. The molecule has 31 heavy (non-hydrogen) atoms. The van der Waals surface area contributed by atoms with Gasteiger partial charge >= 0.3 is 12.1 Å². The maximum Gasteiger partial charge on any atom is 0.408 e. The highest BCUT2D eigenvalue weighted by Crippen LogP contribution is 2.41. The van der Waals surface area contributed by atoms with Crippen LogP contribution in [0.1, 0.15) is 40.0 Å². The quantitative estimate of drug-likeness (QED) is 0.485. The number of nitrogens with one attached hydrogen (secondary N) is 1. The number of aliphatic carboxylic acids is 1. The molecule has 3 fully saturated rings. The number of ether oxygens (including phenoxy) is 1. The first-order valence-corrected chi connectivity index (χ1v) is 11.5. The highest BCUT2D eigenvalue weighted by molar-refractivity contribution is 8.00. The van der Waals surface area contributed by atoms with Crippen LogP contribution in [0, 0.1) is 5.92 Å². The summed E-state index contributed by atoms with van der Waals surface area (Å²) in [6.45, 7) is 6.57. The highest BCUT2D eigenvalue weighted by atomic mass is 32.2. The molecule has 0 radical (unpaired) electrons. The van der Waals surface area contributed by atoms with E-state index in [-0.39, 0.29) is 11.6 Å². The summed E-state index contributed by atoms with van der Waals surface area (Å²) in [5, 5.41) is 11.8. The first kappa shape index (κ1) is 21.7. The molecule has 3 heterocycles. The normalized spacial score (nSPS) is 27.4. The van der Waals surface area contributed by atoms with Crippen LogP contribution in [0.15, 0.2) is 22.9 Å². The number of alkyl carbamates (subject to hydrolysis) is 1. The molecule has 1 saturated carbocycles. The van der Waals surface area contributed by atoms with Crippen molar-refractivity contribution in [2.75, 3.05) is 18.8 Å². The molecule has 9 nitrogen and oxygen atoms in total. The first-order chi connectivity index (χ1) is 14.5. The van der Waals surface area contributed by atoms with Crippen molar-refractivity contribution in [2.45, 2.75) is 57.1 Å². The van der Waals surface area contributed by atoms with E-state index in [1.165, 1.54) is 16.7 Å². The van der Waals surface area contributed by atoms with E-state index in [4.69, 9.17) is 4.74 Å². The summed E-state index contributed by atoms with van der Waals surface area (Å²) in [5.41, 5.74) is 0.222. The number of amides is 3. The van der Waals surface area contributed by atoms with Crippen LogP contribution in [0.25, 0.3) is 0 Å². The van der Waals surface area contributed by atoms with Gasteiger partial charge in [-0.1, -0.05) is 0 Å². The Labute approximate surface area is 184 Å². The van der Waals surface area contributed by atoms with Crippen LogP contribution in [0.3, 0.4) is 0 Å². The number of carboxylic acid groups (broad SMARTS) is 1.